The molecule has 11 rings (SSSR count). The first-order valence-electron chi connectivity index (χ1n) is 17.1. The van der Waals surface area contributed by atoms with Crippen LogP contribution in [-0.4, -0.2) is 14.5 Å². The molecule has 0 aliphatic rings. The average molecular weight is 654 g/mol. The van der Waals surface area contributed by atoms with E-state index in [9.17, 15) is 0 Å². The highest BCUT2D eigenvalue weighted by Gasteiger charge is 2.26. The molecule has 4 heterocycles. The van der Waals surface area contributed by atoms with Gasteiger partial charge in [0.15, 0.2) is 11.4 Å². The summed E-state index contributed by atoms with van der Waals surface area (Å²) < 4.78 is 15.8. The average Bonchev–Trinajstić information content (AvgIpc) is 3.88. The second-order valence-electron chi connectivity index (χ2n) is 12.9. The largest absolute Gasteiger partial charge is 0.455 e. The number of para-hydroxylation sites is 3. The second-order valence-corrected chi connectivity index (χ2v) is 12.9. The van der Waals surface area contributed by atoms with E-state index in [1.807, 2.05) is 60.7 Å². The smallest absolute Gasteiger partial charge is 0.163 e. The molecule has 0 amide bonds. The number of hydrogen-bond acceptors (Lipinski definition) is 4. The molecule has 238 valence electrons. The van der Waals surface area contributed by atoms with Crippen molar-refractivity contribution in [1.29, 1.82) is 0 Å². The van der Waals surface area contributed by atoms with Crippen LogP contribution in [0.1, 0.15) is 0 Å². The monoisotopic (exact) mass is 653 g/mol. The lowest BCUT2D eigenvalue weighted by Gasteiger charge is -2.12. The summed E-state index contributed by atoms with van der Waals surface area (Å²) in [6.45, 7) is 0. The van der Waals surface area contributed by atoms with Crippen LogP contribution >= 0.6 is 0 Å². The van der Waals surface area contributed by atoms with Gasteiger partial charge in [0.2, 0.25) is 0 Å². The molecule has 0 atom stereocenters. The Labute approximate surface area is 291 Å². The first-order chi connectivity index (χ1) is 25.3. The van der Waals surface area contributed by atoms with Gasteiger partial charge in [0.05, 0.1) is 27.8 Å². The zero-order valence-corrected chi connectivity index (χ0v) is 27.2. The Kier molecular flexibility index (Phi) is 5.89. The Morgan fingerprint density at radius 2 is 0.980 bits per heavy atom. The van der Waals surface area contributed by atoms with Gasteiger partial charge in [0.1, 0.15) is 16.7 Å². The van der Waals surface area contributed by atoms with Gasteiger partial charge in [0.25, 0.3) is 0 Å². The molecule has 5 nitrogen and oxygen atoms in total. The van der Waals surface area contributed by atoms with Crippen LogP contribution in [0, 0.1) is 0 Å². The third-order valence-corrected chi connectivity index (χ3v) is 9.99. The molecule has 11 aromatic rings. The molecule has 4 aromatic heterocycles. The Hall–Kier alpha value is -6.98. The fourth-order valence-electron chi connectivity index (χ4n) is 7.76. The summed E-state index contributed by atoms with van der Waals surface area (Å²) in [7, 11) is 0. The fraction of sp³-hybridized carbons (Fsp3) is 0. The van der Waals surface area contributed by atoms with Crippen molar-refractivity contribution in [3.05, 3.63) is 164 Å². The minimum Gasteiger partial charge on any atom is -0.455 e. The van der Waals surface area contributed by atoms with Crippen molar-refractivity contribution in [3.8, 4) is 39.6 Å². The summed E-state index contributed by atoms with van der Waals surface area (Å²) in [5.41, 5.74) is 11.2. The van der Waals surface area contributed by atoms with Gasteiger partial charge < -0.3 is 13.4 Å². The maximum atomic E-state index is 6.80. The fourth-order valence-corrected chi connectivity index (χ4v) is 7.76. The van der Waals surface area contributed by atoms with Crippen LogP contribution < -0.4 is 0 Å². The SMILES string of the molecule is c1ccc(-c2cc(-c3cccc(-n4c5ccccc5c5c6c7ccccc7oc6c6c7ccccc7oc6c54)c3)nc(-c3ccccc3)n2)cc1. The van der Waals surface area contributed by atoms with Gasteiger partial charge in [0, 0.05) is 49.3 Å². The number of rotatable bonds is 4. The van der Waals surface area contributed by atoms with Crippen molar-refractivity contribution < 1.29 is 8.83 Å². The first kappa shape index (κ1) is 27.9. The predicted octanol–water partition coefficient (Wildman–Crippen LogP) is 12.4. The van der Waals surface area contributed by atoms with Crippen molar-refractivity contribution in [2.45, 2.75) is 0 Å². The number of benzene rings is 7. The lowest BCUT2D eigenvalue weighted by molar-refractivity contribution is 0.664. The van der Waals surface area contributed by atoms with Crippen LogP contribution in [0.3, 0.4) is 0 Å². The van der Waals surface area contributed by atoms with Gasteiger partial charge in [-0.05, 0) is 36.4 Å². The Balaban J connectivity index is 1.24. The molecule has 0 saturated carbocycles. The molecule has 0 radical (unpaired) electrons. The van der Waals surface area contributed by atoms with Crippen molar-refractivity contribution in [3.63, 3.8) is 0 Å². The van der Waals surface area contributed by atoms with E-state index < -0.39 is 0 Å². The zero-order chi connectivity index (χ0) is 33.5. The van der Waals surface area contributed by atoms with Gasteiger partial charge >= 0.3 is 0 Å². The van der Waals surface area contributed by atoms with Gasteiger partial charge in [-0.15, -0.1) is 0 Å². The van der Waals surface area contributed by atoms with Gasteiger partial charge in [-0.1, -0.05) is 127 Å². The van der Waals surface area contributed by atoms with E-state index in [1.165, 1.54) is 0 Å². The van der Waals surface area contributed by atoms with Crippen LogP contribution in [0.2, 0.25) is 0 Å². The van der Waals surface area contributed by atoms with E-state index >= 15 is 0 Å². The van der Waals surface area contributed by atoms with E-state index in [1.54, 1.807) is 0 Å². The number of furan rings is 2. The van der Waals surface area contributed by atoms with Crippen LogP contribution in [0.5, 0.6) is 0 Å². The lowest BCUT2D eigenvalue weighted by atomic mass is 10.0. The Morgan fingerprint density at radius 1 is 0.412 bits per heavy atom. The van der Waals surface area contributed by atoms with Crippen LogP contribution in [0.15, 0.2) is 173 Å². The normalized spacial score (nSPS) is 11.9. The third-order valence-electron chi connectivity index (χ3n) is 9.99. The number of nitrogens with zero attached hydrogens (tertiary/aromatic N) is 3. The molecular formula is C46H27N3O2. The van der Waals surface area contributed by atoms with Gasteiger partial charge in [-0.25, -0.2) is 9.97 Å². The molecule has 0 aliphatic heterocycles. The molecule has 5 heteroatoms. The van der Waals surface area contributed by atoms with E-state index in [-0.39, 0.29) is 0 Å². The highest BCUT2D eigenvalue weighted by atomic mass is 16.3. The highest BCUT2D eigenvalue weighted by molar-refractivity contribution is 6.38. The topological polar surface area (TPSA) is 57.0 Å². The molecule has 7 aromatic carbocycles. The van der Waals surface area contributed by atoms with E-state index in [4.69, 9.17) is 18.8 Å². The van der Waals surface area contributed by atoms with Crippen LogP contribution in [0.4, 0.5) is 0 Å². The van der Waals surface area contributed by atoms with Crippen molar-refractivity contribution >= 4 is 65.7 Å². The molecule has 0 N–H and O–H groups in total. The molecule has 0 fully saturated rings. The molecular weight excluding hydrogens is 627 g/mol. The summed E-state index contributed by atoms with van der Waals surface area (Å²) in [5, 5.41) is 6.46. The standard InChI is InChI=1S/C46H27N3O2/c1-3-14-28(15-4-1)35-27-36(48-46(47-35)29-16-5-2-6-17-29)30-18-13-19-31(26-30)49-37-23-10-7-20-32(37)40-41-33-21-8-11-24-38(33)50-44(41)42-34-22-9-12-25-39(34)51-45(42)43(40)49/h1-27H. The van der Waals surface area contributed by atoms with Gasteiger partial charge in [-0.3, -0.25) is 0 Å². The maximum absolute atomic E-state index is 6.80. The molecule has 0 aliphatic carbocycles. The minimum absolute atomic E-state index is 0.687. The van der Waals surface area contributed by atoms with E-state index in [2.05, 4.69) is 108 Å². The van der Waals surface area contributed by atoms with Crippen LogP contribution in [-0.2, 0) is 0 Å². The first-order valence-corrected chi connectivity index (χ1v) is 17.1. The lowest BCUT2D eigenvalue weighted by Crippen LogP contribution is -1.98. The number of hydrogen-bond donors (Lipinski definition) is 0. The Morgan fingerprint density at radius 3 is 1.73 bits per heavy atom. The molecule has 0 unspecified atom stereocenters. The maximum Gasteiger partial charge on any atom is 0.163 e. The minimum atomic E-state index is 0.687. The molecule has 0 spiro atoms. The Bertz CT molecular complexity index is 3080. The summed E-state index contributed by atoms with van der Waals surface area (Å²) >= 11 is 0. The summed E-state index contributed by atoms with van der Waals surface area (Å²) in [4.78, 5) is 10.2. The second kappa shape index (κ2) is 10.8. The number of fused-ring (bicyclic) bond motifs is 12. The zero-order valence-electron chi connectivity index (χ0n) is 27.2. The van der Waals surface area contributed by atoms with Crippen molar-refractivity contribution in [1.82, 2.24) is 14.5 Å². The quantitative estimate of drug-likeness (QED) is 0.190. The molecule has 51 heavy (non-hydrogen) atoms. The molecule has 0 bridgehead atoms. The third kappa shape index (κ3) is 4.15. The van der Waals surface area contributed by atoms with Crippen LogP contribution in [0.25, 0.3) is 105 Å². The summed E-state index contributed by atoms with van der Waals surface area (Å²) in [6, 6.07) is 56.3. The van der Waals surface area contributed by atoms with E-state index in [0.29, 0.717) is 5.82 Å². The van der Waals surface area contributed by atoms with Crippen molar-refractivity contribution in [2.24, 2.45) is 0 Å². The summed E-state index contributed by atoms with van der Waals surface area (Å²) in [6.07, 6.45) is 0. The summed E-state index contributed by atoms with van der Waals surface area (Å²) in [5.74, 6) is 0.687. The van der Waals surface area contributed by atoms with E-state index in [0.717, 1.165) is 99.4 Å². The van der Waals surface area contributed by atoms with Gasteiger partial charge in [-0.2, -0.15) is 0 Å². The highest BCUT2D eigenvalue weighted by Crippen LogP contribution is 2.48. The molecule has 0 saturated heterocycles. The number of aromatic nitrogens is 3. The predicted molar refractivity (Wildman–Crippen MR) is 207 cm³/mol. The van der Waals surface area contributed by atoms with Crippen molar-refractivity contribution in [2.75, 3.05) is 0 Å².